The summed E-state index contributed by atoms with van der Waals surface area (Å²) in [6.45, 7) is 20.4. The quantitative estimate of drug-likeness (QED) is 0.147. The van der Waals surface area contributed by atoms with Crippen LogP contribution in [0.2, 0.25) is 5.04 Å². The SMILES string of the molecule is CC[C@@H](CO[Si](c1ccccc1)(c1ccccc1)C(C)(C)C)[C@H]1O[C@]2(C=CC[C@@]3(O[C@@](CC)(COC(C)=O)C[C@H]3C)O2)[C@H](C)C[C@@H]1C. The summed E-state index contributed by atoms with van der Waals surface area (Å²) in [5.74, 6) is -1.28. The van der Waals surface area contributed by atoms with E-state index >= 15 is 0 Å². The average molecular weight is 663 g/mol. The Balaban J connectivity index is 1.43. The van der Waals surface area contributed by atoms with Crippen LogP contribution in [0.1, 0.15) is 94.4 Å². The van der Waals surface area contributed by atoms with Gasteiger partial charge in [0.05, 0.1) is 6.10 Å². The molecule has 3 aliphatic heterocycles. The molecule has 0 N–H and O–H groups in total. The first-order chi connectivity index (χ1) is 22.3. The van der Waals surface area contributed by atoms with Crippen molar-refractivity contribution in [2.24, 2.45) is 23.7 Å². The van der Waals surface area contributed by atoms with Gasteiger partial charge in [0.2, 0.25) is 0 Å². The molecular formula is C40H58O6Si. The molecule has 258 valence electrons. The predicted octanol–water partition coefficient (Wildman–Crippen LogP) is 7.79. The van der Waals surface area contributed by atoms with E-state index in [-0.39, 0.29) is 41.5 Å². The summed E-state index contributed by atoms with van der Waals surface area (Å²) in [5.41, 5.74) is -0.572. The van der Waals surface area contributed by atoms with Crippen molar-refractivity contribution in [3.05, 3.63) is 72.8 Å². The second kappa shape index (κ2) is 13.9. The standard InChI is InChI=1S/C40H58O6Si/c1-10-33(27-43-47(37(7,8)9,34-19-14-12-15-20-34)35-21-16-13-17-22-35)36-29(3)25-30(4)39(44-36)23-18-24-40(46-39)31(5)26-38(11-2,45-40)28-42-32(6)41/h12-23,29-31,33,36H,10-11,24-28H2,1-9H3/t29-,30+,31+,33-,36-,38+,39-,40+/m0/s1. The lowest BCUT2D eigenvalue weighted by Crippen LogP contribution is -2.67. The molecule has 6 nitrogen and oxygen atoms in total. The van der Waals surface area contributed by atoms with E-state index in [1.165, 1.54) is 17.3 Å². The van der Waals surface area contributed by atoms with Crippen LogP contribution in [-0.2, 0) is 28.2 Å². The fraction of sp³-hybridized carbons (Fsp3) is 0.625. The first kappa shape index (κ1) is 36.0. The van der Waals surface area contributed by atoms with E-state index in [9.17, 15) is 4.79 Å². The van der Waals surface area contributed by atoms with Gasteiger partial charge in [0.1, 0.15) is 12.2 Å². The molecule has 5 rings (SSSR count). The van der Waals surface area contributed by atoms with Crippen LogP contribution in [0.4, 0.5) is 0 Å². The zero-order chi connectivity index (χ0) is 34.1. The molecule has 47 heavy (non-hydrogen) atoms. The molecule has 7 heteroatoms. The highest BCUT2D eigenvalue weighted by molar-refractivity contribution is 6.99. The van der Waals surface area contributed by atoms with Crippen molar-refractivity contribution in [3.63, 3.8) is 0 Å². The van der Waals surface area contributed by atoms with E-state index in [0.29, 0.717) is 18.9 Å². The number of rotatable bonds is 10. The highest BCUT2D eigenvalue weighted by atomic mass is 28.4. The van der Waals surface area contributed by atoms with E-state index < -0.39 is 25.5 Å². The summed E-state index contributed by atoms with van der Waals surface area (Å²) in [7, 11) is -2.70. The summed E-state index contributed by atoms with van der Waals surface area (Å²) in [4.78, 5) is 11.7. The van der Waals surface area contributed by atoms with Gasteiger partial charge in [-0.15, -0.1) is 0 Å². The molecule has 2 fully saturated rings. The van der Waals surface area contributed by atoms with Crippen molar-refractivity contribution in [1.82, 2.24) is 0 Å². The Morgan fingerprint density at radius 3 is 2.11 bits per heavy atom. The first-order valence-corrected chi connectivity index (χ1v) is 19.8. The highest BCUT2D eigenvalue weighted by Crippen LogP contribution is 2.54. The maximum Gasteiger partial charge on any atom is 0.302 e. The van der Waals surface area contributed by atoms with E-state index in [1.54, 1.807) is 0 Å². The molecule has 0 bridgehead atoms. The number of ether oxygens (including phenoxy) is 4. The molecule has 3 heterocycles. The van der Waals surface area contributed by atoms with Crippen LogP contribution < -0.4 is 10.4 Å². The number of hydrogen-bond acceptors (Lipinski definition) is 6. The van der Waals surface area contributed by atoms with Crippen LogP contribution in [0.3, 0.4) is 0 Å². The molecule has 8 atom stereocenters. The minimum Gasteiger partial charge on any atom is -0.463 e. The predicted molar refractivity (Wildman–Crippen MR) is 190 cm³/mol. The van der Waals surface area contributed by atoms with E-state index in [1.807, 2.05) is 0 Å². The lowest BCUT2D eigenvalue weighted by Gasteiger charge is -2.54. The van der Waals surface area contributed by atoms with E-state index in [2.05, 4.69) is 128 Å². The Hall–Kier alpha value is -2.29. The van der Waals surface area contributed by atoms with E-state index in [4.69, 9.17) is 23.4 Å². The summed E-state index contributed by atoms with van der Waals surface area (Å²) < 4.78 is 34.3. The summed E-state index contributed by atoms with van der Waals surface area (Å²) in [6.07, 6.45) is 8.33. The van der Waals surface area contributed by atoms with Gasteiger partial charge in [-0.25, -0.2) is 0 Å². The number of hydrogen-bond donors (Lipinski definition) is 0. The van der Waals surface area contributed by atoms with Gasteiger partial charge in [-0.1, -0.05) is 122 Å². The Morgan fingerprint density at radius 2 is 1.57 bits per heavy atom. The molecule has 0 unspecified atom stereocenters. The molecule has 2 aromatic rings. The molecule has 0 radical (unpaired) electrons. The topological polar surface area (TPSA) is 63.2 Å². The van der Waals surface area contributed by atoms with Crippen LogP contribution in [0.5, 0.6) is 0 Å². The highest BCUT2D eigenvalue weighted by Gasteiger charge is 2.61. The van der Waals surface area contributed by atoms with E-state index in [0.717, 1.165) is 25.7 Å². The molecule has 2 aromatic carbocycles. The molecule has 0 aliphatic carbocycles. The Morgan fingerprint density at radius 1 is 0.957 bits per heavy atom. The third-order valence-electron chi connectivity index (χ3n) is 11.3. The lowest BCUT2D eigenvalue weighted by atomic mass is 9.77. The van der Waals surface area contributed by atoms with Gasteiger partial charge in [0.15, 0.2) is 11.6 Å². The van der Waals surface area contributed by atoms with Crippen LogP contribution in [0.25, 0.3) is 0 Å². The van der Waals surface area contributed by atoms with Crippen molar-refractivity contribution in [2.75, 3.05) is 13.2 Å². The van der Waals surface area contributed by atoms with Crippen molar-refractivity contribution in [1.29, 1.82) is 0 Å². The van der Waals surface area contributed by atoms with Gasteiger partial charge in [-0.05, 0) is 53.1 Å². The van der Waals surface area contributed by atoms with Crippen molar-refractivity contribution >= 4 is 24.7 Å². The normalized spacial score (nSPS) is 33.3. The average Bonchev–Trinajstić information content (AvgIpc) is 3.31. The largest absolute Gasteiger partial charge is 0.463 e. The summed E-state index contributed by atoms with van der Waals surface area (Å²) >= 11 is 0. The number of benzene rings is 2. The summed E-state index contributed by atoms with van der Waals surface area (Å²) in [5, 5.41) is 2.48. The Labute approximate surface area is 284 Å². The third-order valence-corrected chi connectivity index (χ3v) is 16.3. The maximum atomic E-state index is 11.7. The van der Waals surface area contributed by atoms with Gasteiger partial charge in [-0.2, -0.15) is 0 Å². The molecule has 0 saturated carbocycles. The number of esters is 1. The second-order valence-electron chi connectivity index (χ2n) is 15.6. The maximum absolute atomic E-state index is 11.7. The fourth-order valence-electron chi connectivity index (χ4n) is 8.59. The van der Waals surface area contributed by atoms with Crippen molar-refractivity contribution in [2.45, 2.75) is 123 Å². The monoisotopic (exact) mass is 662 g/mol. The molecule has 0 aromatic heterocycles. The van der Waals surface area contributed by atoms with Gasteiger partial charge >= 0.3 is 5.97 Å². The number of carbonyl (C=O) groups excluding carboxylic acids is 1. The van der Waals surface area contributed by atoms with Gasteiger partial charge in [-0.3, -0.25) is 4.79 Å². The number of carbonyl (C=O) groups is 1. The smallest absolute Gasteiger partial charge is 0.302 e. The Bertz CT molecular complexity index is 1330. The molecule has 3 aliphatic rings. The molecular weight excluding hydrogens is 605 g/mol. The zero-order valence-electron chi connectivity index (χ0n) is 30.2. The van der Waals surface area contributed by atoms with Gasteiger partial charge < -0.3 is 23.4 Å². The Kier molecular flexibility index (Phi) is 10.7. The molecule has 0 amide bonds. The minimum atomic E-state index is -2.70. The summed E-state index contributed by atoms with van der Waals surface area (Å²) in [6, 6.07) is 21.7. The van der Waals surface area contributed by atoms with Crippen molar-refractivity contribution in [3.8, 4) is 0 Å². The van der Waals surface area contributed by atoms with Gasteiger partial charge in [0.25, 0.3) is 8.32 Å². The first-order valence-electron chi connectivity index (χ1n) is 17.9. The zero-order valence-corrected chi connectivity index (χ0v) is 31.2. The fourth-order valence-corrected chi connectivity index (χ4v) is 13.2. The van der Waals surface area contributed by atoms with Gasteiger partial charge in [0, 0.05) is 37.7 Å². The molecule has 2 spiro atoms. The lowest BCUT2D eigenvalue weighted by molar-refractivity contribution is -0.398. The van der Waals surface area contributed by atoms with Crippen LogP contribution in [0.15, 0.2) is 72.8 Å². The molecule has 2 saturated heterocycles. The second-order valence-corrected chi connectivity index (χ2v) is 19.9. The minimum absolute atomic E-state index is 0.0529. The van der Waals surface area contributed by atoms with Crippen molar-refractivity contribution < 1.29 is 28.2 Å². The van der Waals surface area contributed by atoms with Crippen LogP contribution in [-0.4, -0.2) is 50.8 Å². The third kappa shape index (κ3) is 6.80. The van der Waals surface area contributed by atoms with Crippen LogP contribution in [0, 0.1) is 23.7 Å². The van der Waals surface area contributed by atoms with Crippen LogP contribution >= 0.6 is 0 Å².